The molecule has 0 saturated heterocycles. The van der Waals surface area contributed by atoms with Gasteiger partial charge in [0.1, 0.15) is 16.5 Å². The van der Waals surface area contributed by atoms with Crippen molar-refractivity contribution in [1.82, 2.24) is 4.98 Å². The van der Waals surface area contributed by atoms with Crippen LogP contribution in [0.15, 0.2) is 77.0 Å². The second-order valence-electron chi connectivity index (χ2n) is 5.96. The van der Waals surface area contributed by atoms with Crippen molar-refractivity contribution in [1.29, 1.82) is 0 Å². The fourth-order valence-electron chi connectivity index (χ4n) is 2.53. The number of aromatic nitrogens is 1. The van der Waals surface area contributed by atoms with Crippen molar-refractivity contribution in [2.75, 3.05) is 0 Å². The Morgan fingerprint density at radius 3 is 2.10 bits per heavy atom. The molecule has 1 aromatic heterocycles. The van der Waals surface area contributed by atoms with Crippen LogP contribution in [0.25, 0.3) is 20.8 Å². The van der Waals surface area contributed by atoms with E-state index in [1.54, 1.807) is 24.3 Å². The minimum atomic E-state index is -4.73. The standard InChI is InChI=1S/C20H12F3N3O2S/c21-20(22,23)28-16-9-10-17-18(11-16)29-19(24-17)12-1-3-13(4-2-12)25-26-14-5-7-15(27)8-6-14/h1-11,27H/b26-25+. The normalized spacial score (nSPS) is 12.0. The molecule has 0 spiro atoms. The summed E-state index contributed by atoms with van der Waals surface area (Å²) >= 11 is 1.27. The third kappa shape index (κ3) is 4.69. The summed E-state index contributed by atoms with van der Waals surface area (Å²) in [6.45, 7) is 0. The largest absolute Gasteiger partial charge is 0.573 e. The Kier molecular flexibility index (Phi) is 4.89. The van der Waals surface area contributed by atoms with Gasteiger partial charge in [-0.15, -0.1) is 24.5 Å². The summed E-state index contributed by atoms with van der Waals surface area (Å²) in [7, 11) is 0. The summed E-state index contributed by atoms with van der Waals surface area (Å²) in [6.07, 6.45) is -4.73. The van der Waals surface area contributed by atoms with Gasteiger partial charge < -0.3 is 9.84 Å². The Bertz CT molecular complexity index is 1170. The Balaban J connectivity index is 1.53. The molecule has 0 fully saturated rings. The molecule has 3 aromatic carbocycles. The third-order valence-corrected chi connectivity index (χ3v) is 4.91. The summed E-state index contributed by atoms with van der Waals surface area (Å²) in [6, 6.07) is 17.6. The van der Waals surface area contributed by atoms with Gasteiger partial charge in [-0.3, -0.25) is 0 Å². The van der Waals surface area contributed by atoms with Gasteiger partial charge in [0.2, 0.25) is 0 Å². The van der Waals surface area contributed by atoms with E-state index >= 15 is 0 Å². The number of thiazole rings is 1. The van der Waals surface area contributed by atoms with E-state index in [0.717, 1.165) is 5.56 Å². The maximum Gasteiger partial charge on any atom is 0.573 e. The maximum absolute atomic E-state index is 12.4. The van der Waals surface area contributed by atoms with Crippen LogP contribution in [0.2, 0.25) is 0 Å². The van der Waals surface area contributed by atoms with E-state index in [0.29, 0.717) is 26.6 Å². The minimum absolute atomic E-state index is 0.154. The number of rotatable bonds is 4. The number of aromatic hydroxyl groups is 1. The van der Waals surface area contributed by atoms with E-state index in [9.17, 15) is 18.3 Å². The number of phenols is 1. The van der Waals surface area contributed by atoms with Gasteiger partial charge in [-0.2, -0.15) is 10.2 Å². The van der Waals surface area contributed by atoms with Crippen LogP contribution in [0, 0.1) is 0 Å². The zero-order valence-corrected chi connectivity index (χ0v) is 15.4. The highest BCUT2D eigenvalue weighted by atomic mass is 32.1. The molecular formula is C20H12F3N3O2S. The lowest BCUT2D eigenvalue weighted by Crippen LogP contribution is -2.16. The van der Waals surface area contributed by atoms with Crippen molar-refractivity contribution in [3.05, 3.63) is 66.7 Å². The summed E-state index contributed by atoms with van der Waals surface area (Å²) in [4.78, 5) is 4.46. The molecule has 0 radical (unpaired) electrons. The molecule has 0 bridgehead atoms. The van der Waals surface area contributed by atoms with Crippen molar-refractivity contribution in [3.8, 4) is 22.1 Å². The number of nitrogens with zero attached hydrogens (tertiary/aromatic N) is 3. The van der Waals surface area contributed by atoms with E-state index in [2.05, 4.69) is 19.9 Å². The smallest absolute Gasteiger partial charge is 0.508 e. The molecule has 0 amide bonds. The highest BCUT2D eigenvalue weighted by Crippen LogP contribution is 2.34. The topological polar surface area (TPSA) is 67.1 Å². The molecule has 5 nitrogen and oxygen atoms in total. The Labute approximate surface area is 166 Å². The second kappa shape index (κ2) is 7.51. The maximum atomic E-state index is 12.4. The highest BCUT2D eigenvalue weighted by Gasteiger charge is 2.31. The van der Waals surface area contributed by atoms with Crippen LogP contribution in [0.3, 0.4) is 0 Å². The van der Waals surface area contributed by atoms with Crippen LogP contribution in [0.4, 0.5) is 24.5 Å². The van der Waals surface area contributed by atoms with Crippen LogP contribution in [0.1, 0.15) is 0 Å². The number of benzene rings is 3. The first-order valence-corrected chi connectivity index (χ1v) is 9.15. The molecule has 9 heteroatoms. The van der Waals surface area contributed by atoms with Crippen molar-refractivity contribution in [2.45, 2.75) is 6.36 Å². The summed E-state index contributed by atoms with van der Waals surface area (Å²) < 4.78 is 41.7. The number of alkyl halides is 3. The molecule has 146 valence electrons. The number of azo groups is 1. The molecule has 0 aliphatic heterocycles. The Morgan fingerprint density at radius 1 is 0.862 bits per heavy atom. The van der Waals surface area contributed by atoms with Crippen LogP contribution < -0.4 is 4.74 Å². The molecule has 1 N–H and O–H groups in total. The number of hydrogen-bond donors (Lipinski definition) is 1. The zero-order valence-electron chi connectivity index (χ0n) is 14.6. The lowest BCUT2D eigenvalue weighted by molar-refractivity contribution is -0.274. The van der Waals surface area contributed by atoms with Gasteiger partial charge in [0.15, 0.2) is 0 Å². The second-order valence-corrected chi connectivity index (χ2v) is 6.99. The van der Waals surface area contributed by atoms with Gasteiger partial charge in [0, 0.05) is 5.56 Å². The van der Waals surface area contributed by atoms with E-state index < -0.39 is 6.36 Å². The summed E-state index contributed by atoms with van der Waals surface area (Å²) in [5.74, 6) is -0.119. The molecule has 0 aliphatic carbocycles. The Hall–Kier alpha value is -3.46. The fourth-order valence-corrected chi connectivity index (χ4v) is 3.53. The van der Waals surface area contributed by atoms with Crippen molar-refractivity contribution in [3.63, 3.8) is 0 Å². The zero-order chi connectivity index (χ0) is 20.4. The van der Waals surface area contributed by atoms with Crippen LogP contribution >= 0.6 is 11.3 Å². The van der Waals surface area contributed by atoms with E-state index in [4.69, 9.17) is 0 Å². The third-order valence-electron chi connectivity index (χ3n) is 3.84. The van der Waals surface area contributed by atoms with Gasteiger partial charge in [-0.05, 0) is 66.7 Å². The number of phenolic OH excluding ortho intramolecular Hbond substituents is 1. The molecule has 29 heavy (non-hydrogen) atoms. The monoisotopic (exact) mass is 415 g/mol. The fraction of sp³-hybridized carbons (Fsp3) is 0.0500. The molecule has 0 unspecified atom stereocenters. The number of hydrogen-bond acceptors (Lipinski definition) is 6. The summed E-state index contributed by atoms with van der Waals surface area (Å²) in [5, 5.41) is 18.2. The predicted octanol–water partition coefficient (Wildman–Crippen LogP) is 6.98. The molecule has 0 aliphatic rings. The van der Waals surface area contributed by atoms with Crippen molar-refractivity contribution >= 4 is 32.9 Å². The first kappa shape index (κ1) is 18.9. The lowest BCUT2D eigenvalue weighted by atomic mass is 10.2. The predicted molar refractivity (Wildman–Crippen MR) is 104 cm³/mol. The molecule has 0 saturated carbocycles. The van der Waals surface area contributed by atoms with Gasteiger partial charge in [-0.25, -0.2) is 4.98 Å². The van der Waals surface area contributed by atoms with Crippen molar-refractivity contribution < 1.29 is 23.0 Å². The van der Waals surface area contributed by atoms with Crippen LogP contribution in [-0.2, 0) is 0 Å². The molecular weight excluding hydrogens is 403 g/mol. The number of ether oxygens (including phenoxy) is 1. The highest BCUT2D eigenvalue weighted by molar-refractivity contribution is 7.21. The van der Waals surface area contributed by atoms with Crippen LogP contribution in [-0.4, -0.2) is 16.5 Å². The Morgan fingerprint density at radius 2 is 1.48 bits per heavy atom. The average molecular weight is 415 g/mol. The van der Waals surface area contributed by atoms with Gasteiger partial charge in [0.25, 0.3) is 0 Å². The summed E-state index contributed by atoms with van der Waals surface area (Å²) in [5.41, 5.74) is 2.64. The minimum Gasteiger partial charge on any atom is -0.508 e. The van der Waals surface area contributed by atoms with Gasteiger partial charge >= 0.3 is 6.36 Å². The number of fused-ring (bicyclic) bond motifs is 1. The molecule has 0 atom stereocenters. The van der Waals surface area contributed by atoms with E-state index in [1.807, 2.05) is 12.1 Å². The van der Waals surface area contributed by atoms with E-state index in [-0.39, 0.29) is 11.5 Å². The number of halogens is 3. The first-order valence-electron chi connectivity index (χ1n) is 8.33. The lowest BCUT2D eigenvalue weighted by Gasteiger charge is -2.07. The molecule has 4 rings (SSSR count). The quantitative estimate of drug-likeness (QED) is 0.366. The van der Waals surface area contributed by atoms with Crippen LogP contribution in [0.5, 0.6) is 11.5 Å². The van der Waals surface area contributed by atoms with Crippen molar-refractivity contribution in [2.24, 2.45) is 10.2 Å². The SMILES string of the molecule is Oc1ccc(/N=N/c2ccc(-c3nc4ccc(OC(F)(F)F)cc4s3)cc2)cc1. The van der Waals surface area contributed by atoms with Gasteiger partial charge in [-0.1, -0.05) is 0 Å². The first-order chi connectivity index (χ1) is 13.9. The average Bonchev–Trinajstić information content (AvgIpc) is 3.10. The molecule has 4 aromatic rings. The van der Waals surface area contributed by atoms with Gasteiger partial charge in [0.05, 0.1) is 21.6 Å². The van der Waals surface area contributed by atoms with E-state index in [1.165, 1.54) is 41.7 Å². The molecule has 1 heterocycles.